The maximum absolute atomic E-state index is 12.2. The summed E-state index contributed by atoms with van der Waals surface area (Å²) >= 11 is 1.45. The molecule has 0 spiro atoms. The number of benzene rings is 2. The average molecular weight is 397 g/mol. The van der Waals surface area contributed by atoms with Gasteiger partial charge in [-0.25, -0.2) is 0 Å². The Labute approximate surface area is 166 Å². The summed E-state index contributed by atoms with van der Waals surface area (Å²) < 4.78 is 1.99. The standard InChI is InChI=1S/C19H19N5O3S/c1-2-17-21-22-19(23(17)15-8-4-3-5-9-15)28-12-11-18(25)20-14-7-6-10-16(13-14)24(26)27/h3-10,13H,2,11-12H2,1H3,(H,20,25). The molecule has 144 valence electrons. The summed E-state index contributed by atoms with van der Waals surface area (Å²) in [6.45, 7) is 2.02. The van der Waals surface area contributed by atoms with Crippen LogP contribution in [0.2, 0.25) is 0 Å². The van der Waals surface area contributed by atoms with Gasteiger partial charge in [0.1, 0.15) is 5.82 Å². The van der Waals surface area contributed by atoms with Gasteiger partial charge in [-0.3, -0.25) is 19.5 Å². The number of nitro groups is 1. The van der Waals surface area contributed by atoms with E-state index in [-0.39, 0.29) is 18.0 Å². The highest BCUT2D eigenvalue weighted by Gasteiger charge is 2.14. The molecule has 0 aliphatic rings. The fraction of sp³-hybridized carbons (Fsp3) is 0.211. The van der Waals surface area contributed by atoms with E-state index in [1.54, 1.807) is 6.07 Å². The lowest BCUT2D eigenvalue weighted by molar-refractivity contribution is -0.384. The van der Waals surface area contributed by atoms with Gasteiger partial charge in [0.2, 0.25) is 5.91 Å². The van der Waals surface area contributed by atoms with Gasteiger partial charge in [-0.2, -0.15) is 0 Å². The second kappa shape index (κ2) is 9.14. The Morgan fingerprint density at radius 2 is 1.96 bits per heavy atom. The minimum Gasteiger partial charge on any atom is -0.326 e. The number of aromatic nitrogens is 3. The molecule has 0 fully saturated rings. The first-order valence-corrected chi connectivity index (χ1v) is 9.74. The number of hydrogen-bond donors (Lipinski definition) is 1. The average Bonchev–Trinajstić information content (AvgIpc) is 3.11. The third-order valence-corrected chi connectivity index (χ3v) is 4.86. The third kappa shape index (κ3) is 4.74. The Bertz CT molecular complexity index is 975. The molecule has 0 unspecified atom stereocenters. The largest absolute Gasteiger partial charge is 0.326 e. The highest BCUT2D eigenvalue weighted by Crippen LogP contribution is 2.23. The number of nitro benzene ring substituents is 1. The summed E-state index contributed by atoms with van der Waals surface area (Å²) in [5.74, 6) is 1.15. The number of nitrogens with one attached hydrogen (secondary N) is 1. The molecule has 3 rings (SSSR count). The summed E-state index contributed by atoms with van der Waals surface area (Å²) in [6.07, 6.45) is 0.992. The summed E-state index contributed by atoms with van der Waals surface area (Å²) in [5, 5.41) is 22.7. The lowest BCUT2D eigenvalue weighted by Gasteiger charge is -2.09. The summed E-state index contributed by atoms with van der Waals surface area (Å²) in [6, 6.07) is 15.7. The molecule has 0 radical (unpaired) electrons. The molecule has 1 aromatic heterocycles. The van der Waals surface area contributed by atoms with Crippen molar-refractivity contribution < 1.29 is 9.72 Å². The van der Waals surface area contributed by atoms with Crippen molar-refractivity contribution in [2.45, 2.75) is 24.9 Å². The first kappa shape index (κ1) is 19.6. The molecule has 8 nitrogen and oxygen atoms in total. The number of amides is 1. The number of carbonyl (C=O) groups excluding carboxylic acids is 1. The van der Waals surface area contributed by atoms with E-state index >= 15 is 0 Å². The van der Waals surface area contributed by atoms with Crippen LogP contribution in [0.15, 0.2) is 59.8 Å². The number of aryl methyl sites for hydroxylation is 1. The fourth-order valence-electron chi connectivity index (χ4n) is 2.61. The fourth-order valence-corrected chi connectivity index (χ4v) is 3.52. The van der Waals surface area contributed by atoms with Gasteiger partial charge in [-0.15, -0.1) is 10.2 Å². The Morgan fingerprint density at radius 1 is 1.18 bits per heavy atom. The van der Waals surface area contributed by atoms with Gasteiger partial charge >= 0.3 is 0 Å². The molecule has 0 aliphatic heterocycles. The summed E-state index contributed by atoms with van der Waals surface area (Å²) in [4.78, 5) is 22.5. The Morgan fingerprint density at radius 3 is 2.68 bits per heavy atom. The molecule has 0 bridgehead atoms. The van der Waals surface area contributed by atoms with Gasteiger partial charge in [0.25, 0.3) is 5.69 Å². The predicted molar refractivity (Wildman–Crippen MR) is 108 cm³/mol. The predicted octanol–water partition coefficient (Wildman–Crippen LogP) is 3.86. The monoisotopic (exact) mass is 397 g/mol. The van der Waals surface area contributed by atoms with Gasteiger partial charge in [0.15, 0.2) is 5.16 Å². The van der Waals surface area contributed by atoms with Crippen LogP contribution in [-0.2, 0) is 11.2 Å². The van der Waals surface area contributed by atoms with Crippen LogP contribution in [0.1, 0.15) is 19.2 Å². The Balaban J connectivity index is 1.61. The van der Waals surface area contributed by atoms with Crippen molar-refractivity contribution in [1.82, 2.24) is 14.8 Å². The van der Waals surface area contributed by atoms with Crippen molar-refractivity contribution in [2.75, 3.05) is 11.1 Å². The third-order valence-electron chi connectivity index (χ3n) is 3.93. The number of hydrogen-bond acceptors (Lipinski definition) is 6. The van der Waals surface area contributed by atoms with Gasteiger partial charge in [0, 0.05) is 42.1 Å². The molecule has 1 amide bonds. The minimum atomic E-state index is -0.493. The number of anilines is 1. The quantitative estimate of drug-likeness (QED) is 0.352. The van der Waals surface area contributed by atoms with Crippen LogP contribution in [0.3, 0.4) is 0 Å². The maximum atomic E-state index is 12.2. The molecular weight excluding hydrogens is 378 g/mol. The first-order chi connectivity index (χ1) is 13.6. The second-order valence-electron chi connectivity index (χ2n) is 5.88. The van der Waals surface area contributed by atoms with Gasteiger partial charge in [-0.05, 0) is 18.2 Å². The van der Waals surface area contributed by atoms with Gasteiger partial charge < -0.3 is 5.32 Å². The van der Waals surface area contributed by atoms with Crippen molar-refractivity contribution in [3.05, 3.63) is 70.5 Å². The van der Waals surface area contributed by atoms with Crippen LogP contribution in [0.5, 0.6) is 0 Å². The molecule has 0 saturated carbocycles. The molecule has 1 N–H and O–H groups in total. The minimum absolute atomic E-state index is 0.0600. The van der Waals surface area contributed by atoms with E-state index in [9.17, 15) is 14.9 Å². The molecule has 0 atom stereocenters. The van der Waals surface area contributed by atoms with Crippen molar-refractivity contribution >= 4 is 29.0 Å². The normalized spacial score (nSPS) is 10.6. The van der Waals surface area contributed by atoms with E-state index in [0.29, 0.717) is 11.4 Å². The Hall–Kier alpha value is -3.20. The molecular formula is C19H19N5O3S. The number of nitrogens with zero attached hydrogens (tertiary/aromatic N) is 4. The van der Waals surface area contributed by atoms with Crippen LogP contribution < -0.4 is 5.32 Å². The van der Waals surface area contributed by atoms with Crippen molar-refractivity contribution in [3.8, 4) is 5.69 Å². The van der Waals surface area contributed by atoms with Crippen molar-refractivity contribution in [3.63, 3.8) is 0 Å². The number of thioether (sulfide) groups is 1. The maximum Gasteiger partial charge on any atom is 0.271 e. The topological polar surface area (TPSA) is 103 Å². The smallest absolute Gasteiger partial charge is 0.271 e. The van der Waals surface area contributed by atoms with Crippen LogP contribution >= 0.6 is 11.8 Å². The molecule has 1 heterocycles. The van der Waals surface area contributed by atoms with E-state index in [2.05, 4.69) is 15.5 Å². The lowest BCUT2D eigenvalue weighted by Crippen LogP contribution is -2.12. The van der Waals surface area contributed by atoms with E-state index in [1.807, 2.05) is 41.8 Å². The first-order valence-electron chi connectivity index (χ1n) is 8.75. The van der Waals surface area contributed by atoms with Crippen LogP contribution in [0.4, 0.5) is 11.4 Å². The van der Waals surface area contributed by atoms with Crippen LogP contribution in [-0.4, -0.2) is 31.3 Å². The van der Waals surface area contributed by atoms with Crippen molar-refractivity contribution in [2.24, 2.45) is 0 Å². The molecule has 28 heavy (non-hydrogen) atoms. The zero-order valence-electron chi connectivity index (χ0n) is 15.2. The molecule has 0 saturated heterocycles. The SMILES string of the molecule is CCc1nnc(SCCC(=O)Nc2cccc([N+](=O)[O-])c2)n1-c1ccccc1. The summed E-state index contributed by atoms with van der Waals surface area (Å²) in [5.41, 5.74) is 1.33. The van der Waals surface area contributed by atoms with Gasteiger partial charge in [-0.1, -0.05) is 43.0 Å². The van der Waals surface area contributed by atoms with Crippen molar-refractivity contribution in [1.29, 1.82) is 0 Å². The number of para-hydroxylation sites is 1. The molecule has 3 aromatic rings. The number of carbonyl (C=O) groups is 1. The van der Waals surface area contributed by atoms with E-state index in [4.69, 9.17) is 0 Å². The van der Waals surface area contributed by atoms with E-state index in [0.717, 1.165) is 23.1 Å². The van der Waals surface area contributed by atoms with E-state index in [1.165, 1.54) is 30.0 Å². The van der Waals surface area contributed by atoms with E-state index < -0.39 is 4.92 Å². The number of rotatable bonds is 8. The molecule has 9 heteroatoms. The highest BCUT2D eigenvalue weighted by molar-refractivity contribution is 7.99. The molecule has 0 aliphatic carbocycles. The molecule has 2 aromatic carbocycles. The number of non-ortho nitro benzene ring substituents is 1. The van der Waals surface area contributed by atoms with Gasteiger partial charge in [0.05, 0.1) is 4.92 Å². The zero-order valence-corrected chi connectivity index (χ0v) is 16.1. The zero-order chi connectivity index (χ0) is 19.9. The summed E-state index contributed by atoms with van der Waals surface area (Å²) in [7, 11) is 0. The van der Waals surface area contributed by atoms with Crippen LogP contribution in [0, 0.1) is 10.1 Å². The second-order valence-corrected chi connectivity index (χ2v) is 6.94. The van der Waals surface area contributed by atoms with Crippen LogP contribution in [0.25, 0.3) is 5.69 Å². The highest BCUT2D eigenvalue weighted by atomic mass is 32.2. The lowest BCUT2D eigenvalue weighted by atomic mass is 10.3. The Kier molecular flexibility index (Phi) is 6.38.